The molecule has 1 amide bonds. The summed E-state index contributed by atoms with van der Waals surface area (Å²) in [4.78, 5) is 20.8. The van der Waals surface area contributed by atoms with Crippen LogP contribution in [-0.4, -0.2) is 34.9 Å². The Kier molecular flexibility index (Phi) is 6.04. The number of aromatic nitrogens is 1. The molecule has 1 saturated heterocycles. The summed E-state index contributed by atoms with van der Waals surface area (Å²) >= 11 is 1.52. The predicted molar refractivity (Wildman–Crippen MR) is 112 cm³/mol. The fourth-order valence-electron chi connectivity index (χ4n) is 3.44. The van der Waals surface area contributed by atoms with Gasteiger partial charge >= 0.3 is 0 Å². The number of hydrogen-bond donors (Lipinski definition) is 1. The Labute approximate surface area is 170 Å². The van der Waals surface area contributed by atoms with E-state index in [4.69, 9.17) is 0 Å². The van der Waals surface area contributed by atoms with Gasteiger partial charge in [-0.1, -0.05) is 60.3 Å². The molecule has 1 N–H and O–H groups in total. The molecule has 0 spiro atoms. The molecular formula is C23H23N3OS. The predicted octanol–water partition coefficient (Wildman–Crippen LogP) is 4.24. The zero-order chi connectivity index (χ0) is 19.2. The van der Waals surface area contributed by atoms with Crippen LogP contribution in [0, 0.1) is 0 Å². The average Bonchev–Trinajstić information content (AvgIpc) is 3.16. The van der Waals surface area contributed by atoms with E-state index in [0.717, 1.165) is 36.0 Å². The summed E-state index contributed by atoms with van der Waals surface area (Å²) in [5.41, 5.74) is 1.95. The van der Waals surface area contributed by atoms with E-state index in [9.17, 15) is 4.79 Å². The standard InChI is InChI=1S/C23H23N3OS/c27-22(21-12-7-14-24-23(21)28-20-10-5-2-6-11-20)25-19-13-15-26(17-19)16-18-8-3-1-4-9-18/h1-12,14,19H,13,15-17H2,(H,25,27)/t19-/m1/s1. The van der Waals surface area contributed by atoms with Gasteiger partial charge in [-0.15, -0.1) is 0 Å². The van der Waals surface area contributed by atoms with E-state index < -0.39 is 0 Å². The van der Waals surface area contributed by atoms with Gasteiger partial charge in [-0.25, -0.2) is 4.98 Å². The molecule has 2 aromatic carbocycles. The van der Waals surface area contributed by atoms with Crippen molar-refractivity contribution in [2.75, 3.05) is 13.1 Å². The van der Waals surface area contributed by atoms with Crippen molar-refractivity contribution in [3.05, 3.63) is 90.1 Å². The summed E-state index contributed by atoms with van der Waals surface area (Å²) in [5, 5.41) is 3.94. The summed E-state index contributed by atoms with van der Waals surface area (Å²) in [6, 6.07) is 24.3. The largest absolute Gasteiger partial charge is 0.348 e. The number of carbonyl (C=O) groups excluding carboxylic acids is 1. The first kappa shape index (κ1) is 18.7. The lowest BCUT2D eigenvalue weighted by Gasteiger charge is -2.17. The van der Waals surface area contributed by atoms with Gasteiger partial charge in [-0.05, 0) is 36.2 Å². The van der Waals surface area contributed by atoms with E-state index in [1.165, 1.54) is 17.3 Å². The van der Waals surface area contributed by atoms with Crippen molar-refractivity contribution in [2.45, 2.75) is 28.9 Å². The van der Waals surface area contributed by atoms with Crippen LogP contribution in [0.4, 0.5) is 0 Å². The summed E-state index contributed by atoms with van der Waals surface area (Å²) in [7, 11) is 0. The Morgan fingerprint density at radius 1 is 1.04 bits per heavy atom. The average molecular weight is 390 g/mol. The molecular weight excluding hydrogens is 366 g/mol. The Balaban J connectivity index is 1.38. The van der Waals surface area contributed by atoms with E-state index in [1.807, 2.05) is 48.5 Å². The molecule has 1 aromatic heterocycles. The van der Waals surface area contributed by atoms with E-state index >= 15 is 0 Å². The maximum atomic E-state index is 12.9. The number of nitrogens with zero attached hydrogens (tertiary/aromatic N) is 2. The van der Waals surface area contributed by atoms with E-state index in [-0.39, 0.29) is 11.9 Å². The lowest BCUT2D eigenvalue weighted by molar-refractivity contribution is 0.0934. The van der Waals surface area contributed by atoms with Gasteiger partial charge in [0.2, 0.25) is 0 Å². The summed E-state index contributed by atoms with van der Waals surface area (Å²) < 4.78 is 0. The van der Waals surface area contributed by atoms with Crippen LogP contribution in [0.15, 0.2) is 88.9 Å². The van der Waals surface area contributed by atoms with Crippen LogP contribution in [0.2, 0.25) is 0 Å². The Morgan fingerprint density at radius 3 is 2.57 bits per heavy atom. The maximum absolute atomic E-state index is 12.9. The third kappa shape index (κ3) is 4.80. The normalized spacial score (nSPS) is 16.8. The van der Waals surface area contributed by atoms with E-state index in [2.05, 4.69) is 39.5 Å². The quantitative estimate of drug-likeness (QED) is 0.685. The first-order chi connectivity index (χ1) is 13.8. The molecule has 4 rings (SSSR count). The van der Waals surface area contributed by atoms with Gasteiger partial charge in [-0.3, -0.25) is 9.69 Å². The van der Waals surface area contributed by atoms with Gasteiger partial charge in [0.05, 0.1) is 5.56 Å². The molecule has 0 saturated carbocycles. The lowest BCUT2D eigenvalue weighted by Crippen LogP contribution is -2.37. The van der Waals surface area contributed by atoms with Crippen LogP contribution in [0.3, 0.4) is 0 Å². The minimum absolute atomic E-state index is 0.0434. The fourth-order valence-corrected chi connectivity index (χ4v) is 4.34. The number of nitrogens with one attached hydrogen (secondary N) is 1. The smallest absolute Gasteiger partial charge is 0.254 e. The van der Waals surface area contributed by atoms with Crippen molar-refractivity contribution >= 4 is 17.7 Å². The minimum Gasteiger partial charge on any atom is -0.348 e. The lowest BCUT2D eigenvalue weighted by atomic mass is 10.2. The van der Waals surface area contributed by atoms with Crippen molar-refractivity contribution in [3.63, 3.8) is 0 Å². The highest BCUT2D eigenvalue weighted by Crippen LogP contribution is 2.28. The summed E-state index contributed by atoms with van der Waals surface area (Å²) in [6.07, 6.45) is 2.71. The first-order valence-electron chi connectivity index (χ1n) is 9.53. The highest BCUT2D eigenvalue weighted by Gasteiger charge is 2.25. The van der Waals surface area contributed by atoms with Crippen LogP contribution in [0.5, 0.6) is 0 Å². The second kappa shape index (κ2) is 9.04. The number of hydrogen-bond acceptors (Lipinski definition) is 4. The van der Waals surface area contributed by atoms with Crippen LogP contribution in [0.25, 0.3) is 0 Å². The maximum Gasteiger partial charge on any atom is 0.254 e. The molecule has 142 valence electrons. The molecule has 5 heteroatoms. The molecule has 1 fully saturated rings. The molecule has 4 nitrogen and oxygen atoms in total. The number of likely N-dealkylation sites (tertiary alicyclic amines) is 1. The van der Waals surface area contributed by atoms with Gasteiger partial charge in [0.25, 0.3) is 5.91 Å². The zero-order valence-electron chi connectivity index (χ0n) is 15.6. The van der Waals surface area contributed by atoms with Crippen molar-refractivity contribution < 1.29 is 4.79 Å². The van der Waals surface area contributed by atoms with Crippen LogP contribution < -0.4 is 5.32 Å². The monoisotopic (exact) mass is 389 g/mol. The Bertz CT molecular complexity index is 917. The molecule has 1 aliphatic heterocycles. The zero-order valence-corrected chi connectivity index (χ0v) is 16.4. The molecule has 3 aromatic rings. The van der Waals surface area contributed by atoms with Crippen molar-refractivity contribution in [1.82, 2.24) is 15.2 Å². The van der Waals surface area contributed by atoms with Crippen molar-refractivity contribution in [3.8, 4) is 0 Å². The van der Waals surface area contributed by atoms with Gasteiger partial charge < -0.3 is 5.32 Å². The molecule has 0 bridgehead atoms. The van der Waals surface area contributed by atoms with Crippen molar-refractivity contribution in [1.29, 1.82) is 0 Å². The number of carbonyl (C=O) groups is 1. The number of rotatable bonds is 6. The molecule has 0 unspecified atom stereocenters. The first-order valence-corrected chi connectivity index (χ1v) is 10.3. The van der Waals surface area contributed by atoms with Crippen LogP contribution in [0.1, 0.15) is 22.3 Å². The highest BCUT2D eigenvalue weighted by molar-refractivity contribution is 7.99. The molecule has 1 aliphatic rings. The molecule has 0 radical (unpaired) electrons. The topological polar surface area (TPSA) is 45.2 Å². The van der Waals surface area contributed by atoms with Gasteiger partial charge in [-0.2, -0.15) is 0 Å². The Hall–Kier alpha value is -2.63. The number of amides is 1. The second-order valence-electron chi connectivity index (χ2n) is 6.95. The molecule has 2 heterocycles. The number of pyridine rings is 1. The molecule has 1 atom stereocenters. The van der Waals surface area contributed by atoms with Gasteiger partial charge in [0.1, 0.15) is 5.03 Å². The van der Waals surface area contributed by atoms with E-state index in [1.54, 1.807) is 6.20 Å². The highest BCUT2D eigenvalue weighted by atomic mass is 32.2. The van der Waals surface area contributed by atoms with Gasteiger partial charge in [0.15, 0.2) is 0 Å². The summed E-state index contributed by atoms with van der Waals surface area (Å²) in [5.74, 6) is -0.0434. The molecule has 0 aliphatic carbocycles. The third-order valence-electron chi connectivity index (χ3n) is 4.83. The number of benzene rings is 2. The fraction of sp³-hybridized carbons (Fsp3) is 0.217. The summed E-state index contributed by atoms with van der Waals surface area (Å²) in [6.45, 7) is 2.80. The van der Waals surface area contributed by atoms with Gasteiger partial charge in [0, 0.05) is 36.8 Å². The van der Waals surface area contributed by atoms with Crippen LogP contribution in [-0.2, 0) is 6.54 Å². The SMILES string of the molecule is O=C(N[C@@H]1CCN(Cc2ccccc2)C1)c1cccnc1Sc1ccccc1. The van der Waals surface area contributed by atoms with E-state index in [0.29, 0.717) is 5.56 Å². The molecule has 28 heavy (non-hydrogen) atoms. The van der Waals surface area contributed by atoms with Crippen molar-refractivity contribution in [2.24, 2.45) is 0 Å². The minimum atomic E-state index is -0.0434. The second-order valence-corrected chi connectivity index (χ2v) is 8.01. The van der Waals surface area contributed by atoms with Crippen LogP contribution >= 0.6 is 11.8 Å². The third-order valence-corrected chi connectivity index (χ3v) is 5.86. The Morgan fingerprint density at radius 2 is 1.79 bits per heavy atom.